The molecule has 2 rings (SSSR count). The second kappa shape index (κ2) is 7.90. The maximum Gasteiger partial charge on any atom is 0.269 e. The molecule has 0 radical (unpaired) electrons. The number of benzene rings is 1. The second-order valence-corrected chi connectivity index (χ2v) is 6.01. The number of Topliss-reactive ketones (excluding diaryl/α,β-unsaturated/α-hetero) is 1. The Morgan fingerprint density at radius 3 is 2.42 bits per heavy atom. The van der Waals surface area contributed by atoms with Crippen molar-refractivity contribution in [2.24, 2.45) is 0 Å². The standard InChI is InChI=1S/C19H25N3O2/c1-5-13(3)20-19(24)17-12-16(18(23)6-2)21-22(17)14(4)15-10-8-7-9-11-15/h7-14H,5-6H2,1-4H3,(H,20,24)/t13-,14-/m0/s1. The van der Waals surface area contributed by atoms with Crippen LogP contribution in [0.25, 0.3) is 0 Å². The predicted octanol–water partition coefficient (Wildman–Crippen LogP) is 3.61. The van der Waals surface area contributed by atoms with Crippen LogP contribution in [0.2, 0.25) is 0 Å². The van der Waals surface area contributed by atoms with Crippen LogP contribution in [0.15, 0.2) is 36.4 Å². The largest absolute Gasteiger partial charge is 0.348 e. The van der Waals surface area contributed by atoms with E-state index in [9.17, 15) is 9.59 Å². The third-order valence-electron chi connectivity index (χ3n) is 4.21. The lowest BCUT2D eigenvalue weighted by atomic mass is 10.1. The molecule has 128 valence electrons. The molecule has 0 unspecified atom stereocenters. The van der Waals surface area contributed by atoms with Gasteiger partial charge in [-0.05, 0) is 25.8 Å². The molecule has 0 aliphatic carbocycles. The fourth-order valence-corrected chi connectivity index (χ4v) is 2.45. The van der Waals surface area contributed by atoms with Gasteiger partial charge in [0, 0.05) is 18.5 Å². The molecule has 0 fully saturated rings. The van der Waals surface area contributed by atoms with E-state index in [1.165, 1.54) is 0 Å². The Hall–Kier alpha value is -2.43. The minimum absolute atomic E-state index is 0.0633. The van der Waals surface area contributed by atoms with Gasteiger partial charge in [0.25, 0.3) is 5.91 Å². The van der Waals surface area contributed by atoms with Gasteiger partial charge < -0.3 is 5.32 Å². The SMILES string of the molecule is CCC(=O)c1cc(C(=O)N[C@@H](C)CC)n([C@@H](C)c2ccccc2)n1. The second-order valence-electron chi connectivity index (χ2n) is 6.01. The zero-order valence-electron chi connectivity index (χ0n) is 14.7. The Bertz CT molecular complexity index is 707. The summed E-state index contributed by atoms with van der Waals surface area (Å²) < 4.78 is 1.65. The first-order valence-electron chi connectivity index (χ1n) is 8.46. The molecule has 1 heterocycles. The van der Waals surface area contributed by atoms with Crippen LogP contribution in [0, 0.1) is 0 Å². The lowest BCUT2D eigenvalue weighted by Crippen LogP contribution is -2.34. The molecular formula is C19H25N3O2. The van der Waals surface area contributed by atoms with E-state index in [-0.39, 0.29) is 23.8 Å². The van der Waals surface area contributed by atoms with E-state index in [1.807, 2.05) is 51.1 Å². The minimum Gasteiger partial charge on any atom is -0.348 e. The lowest BCUT2D eigenvalue weighted by molar-refractivity contribution is 0.0926. The summed E-state index contributed by atoms with van der Waals surface area (Å²) in [4.78, 5) is 24.6. The summed E-state index contributed by atoms with van der Waals surface area (Å²) in [6.07, 6.45) is 1.21. The highest BCUT2D eigenvalue weighted by Gasteiger charge is 2.22. The average molecular weight is 327 g/mol. The number of rotatable bonds is 7. The van der Waals surface area contributed by atoms with Gasteiger partial charge in [0.05, 0.1) is 6.04 Å². The molecule has 24 heavy (non-hydrogen) atoms. The van der Waals surface area contributed by atoms with Gasteiger partial charge in [-0.2, -0.15) is 5.10 Å². The van der Waals surface area contributed by atoms with E-state index in [1.54, 1.807) is 17.7 Å². The maximum atomic E-state index is 12.6. The molecular weight excluding hydrogens is 302 g/mol. The Labute approximate surface area is 143 Å². The number of carbonyl (C=O) groups excluding carboxylic acids is 2. The number of hydrogen-bond donors (Lipinski definition) is 1. The van der Waals surface area contributed by atoms with Crippen LogP contribution in [0.3, 0.4) is 0 Å². The van der Waals surface area contributed by atoms with Crippen molar-refractivity contribution >= 4 is 11.7 Å². The van der Waals surface area contributed by atoms with Gasteiger partial charge in [0.2, 0.25) is 0 Å². The highest BCUT2D eigenvalue weighted by atomic mass is 16.2. The molecule has 0 aliphatic rings. The molecule has 0 bridgehead atoms. The van der Waals surface area contributed by atoms with Crippen molar-refractivity contribution in [3.63, 3.8) is 0 Å². The van der Waals surface area contributed by atoms with E-state index in [0.717, 1.165) is 12.0 Å². The number of nitrogens with one attached hydrogen (secondary N) is 1. The number of aromatic nitrogens is 2. The summed E-state index contributed by atoms with van der Waals surface area (Å²) in [7, 11) is 0. The smallest absolute Gasteiger partial charge is 0.269 e. The van der Waals surface area contributed by atoms with Gasteiger partial charge >= 0.3 is 0 Å². The molecule has 0 spiro atoms. The molecule has 1 N–H and O–H groups in total. The van der Waals surface area contributed by atoms with Crippen LogP contribution in [0.5, 0.6) is 0 Å². The van der Waals surface area contributed by atoms with E-state index < -0.39 is 0 Å². The number of amides is 1. The molecule has 0 aliphatic heterocycles. The monoisotopic (exact) mass is 327 g/mol. The van der Waals surface area contributed by atoms with Crippen molar-refractivity contribution in [3.05, 3.63) is 53.3 Å². The van der Waals surface area contributed by atoms with Gasteiger partial charge in [0.15, 0.2) is 5.78 Å². The summed E-state index contributed by atoms with van der Waals surface area (Å²) in [5.74, 6) is -0.263. The van der Waals surface area contributed by atoms with Crippen molar-refractivity contribution < 1.29 is 9.59 Å². The van der Waals surface area contributed by atoms with Crippen LogP contribution < -0.4 is 5.32 Å². The molecule has 5 nitrogen and oxygen atoms in total. The first kappa shape index (κ1) is 17.9. The molecule has 1 aromatic heterocycles. The van der Waals surface area contributed by atoms with Crippen LogP contribution in [0.4, 0.5) is 0 Å². The number of ketones is 1. The summed E-state index contributed by atoms with van der Waals surface area (Å²) in [5.41, 5.74) is 1.80. The third kappa shape index (κ3) is 3.91. The predicted molar refractivity (Wildman–Crippen MR) is 94.3 cm³/mol. The minimum atomic E-state index is -0.199. The Morgan fingerprint density at radius 2 is 1.83 bits per heavy atom. The van der Waals surface area contributed by atoms with Crippen molar-refractivity contribution in [3.8, 4) is 0 Å². The Kier molecular flexibility index (Phi) is 5.90. The van der Waals surface area contributed by atoms with Gasteiger partial charge in [-0.25, -0.2) is 0 Å². The maximum absolute atomic E-state index is 12.6. The average Bonchev–Trinajstić information content (AvgIpc) is 3.06. The van der Waals surface area contributed by atoms with E-state index in [4.69, 9.17) is 0 Å². The fraction of sp³-hybridized carbons (Fsp3) is 0.421. The number of carbonyl (C=O) groups is 2. The topological polar surface area (TPSA) is 64.0 Å². The normalized spacial score (nSPS) is 13.3. The molecule has 1 amide bonds. The van der Waals surface area contributed by atoms with Gasteiger partial charge in [-0.3, -0.25) is 14.3 Å². The first-order chi connectivity index (χ1) is 11.5. The molecule has 0 saturated carbocycles. The first-order valence-corrected chi connectivity index (χ1v) is 8.46. The van der Waals surface area contributed by atoms with Crippen LogP contribution in [-0.4, -0.2) is 27.5 Å². The van der Waals surface area contributed by atoms with Crippen molar-refractivity contribution in [2.45, 2.75) is 52.6 Å². The van der Waals surface area contributed by atoms with Crippen molar-refractivity contribution in [1.29, 1.82) is 0 Å². The van der Waals surface area contributed by atoms with Crippen LogP contribution in [0.1, 0.15) is 73.1 Å². The Balaban J connectivity index is 2.42. The molecule has 2 atom stereocenters. The molecule has 5 heteroatoms. The number of hydrogen-bond acceptors (Lipinski definition) is 3. The molecule has 0 saturated heterocycles. The quantitative estimate of drug-likeness (QED) is 0.790. The van der Waals surface area contributed by atoms with E-state index in [2.05, 4.69) is 10.4 Å². The highest BCUT2D eigenvalue weighted by molar-refractivity contribution is 5.98. The lowest BCUT2D eigenvalue weighted by Gasteiger charge is -2.17. The molecule has 2 aromatic rings. The summed E-state index contributed by atoms with van der Waals surface area (Å²) in [6, 6.07) is 11.4. The van der Waals surface area contributed by atoms with Crippen LogP contribution in [-0.2, 0) is 0 Å². The highest BCUT2D eigenvalue weighted by Crippen LogP contribution is 2.20. The van der Waals surface area contributed by atoms with Gasteiger partial charge in [0.1, 0.15) is 11.4 Å². The van der Waals surface area contributed by atoms with E-state index >= 15 is 0 Å². The van der Waals surface area contributed by atoms with Crippen molar-refractivity contribution in [1.82, 2.24) is 15.1 Å². The fourth-order valence-electron chi connectivity index (χ4n) is 2.45. The van der Waals surface area contributed by atoms with Crippen LogP contribution >= 0.6 is 0 Å². The summed E-state index contributed by atoms with van der Waals surface area (Å²) in [6.45, 7) is 7.74. The zero-order chi connectivity index (χ0) is 17.7. The van der Waals surface area contributed by atoms with Gasteiger partial charge in [-0.1, -0.05) is 44.2 Å². The Morgan fingerprint density at radius 1 is 1.17 bits per heavy atom. The summed E-state index contributed by atoms with van der Waals surface area (Å²) in [5, 5.41) is 7.37. The summed E-state index contributed by atoms with van der Waals surface area (Å²) >= 11 is 0. The van der Waals surface area contributed by atoms with Crippen molar-refractivity contribution in [2.75, 3.05) is 0 Å². The zero-order valence-corrected chi connectivity index (χ0v) is 14.7. The molecule has 1 aromatic carbocycles. The van der Waals surface area contributed by atoms with Gasteiger partial charge in [-0.15, -0.1) is 0 Å². The van der Waals surface area contributed by atoms with E-state index in [0.29, 0.717) is 17.8 Å². The third-order valence-corrected chi connectivity index (χ3v) is 4.21. The number of nitrogens with zero attached hydrogens (tertiary/aromatic N) is 2.